The highest BCUT2D eigenvalue weighted by Gasteiger charge is 2.03. The molecule has 15 heavy (non-hydrogen) atoms. The zero-order chi connectivity index (χ0) is 11.1. The van der Waals surface area contributed by atoms with Crippen LogP contribution in [0.5, 0.6) is 0 Å². The molecule has 0 aliphatic rings. The van der Waals surface area contributed by atoms with Crippen molar-refractivity contribution >= 4 is 0 Å². The summed E-state index contributed by atoms with van der Waals surface area (Å²) >= 11 is 0. The number of aryl methyl sites for hydroxylation is 1. The lowest BCUT2D eigenvalue weighted by Gasteiger charge is -2.14. The van der Waals surface area contributed by atoms with Crippen molar-refractivity contribution in [3.05, 3.63) is 35.4 Å². The van der Waals surface area contributed by atoms with Crippen molar-refractivity contribution in [1.29, 1.82) is 0 Å². The molecule has 0 amide bonds. The van der Waals surface area contributed by atoms with Crippen LogP contribution >= 0.6 is 0 Å². The van der Waals surface area contributed by atoms with E-state index in [0.29, 0.717) is 6.04 Å². The SMILES string of the molecule is COCCCN[C@H](C)c1cccc(C)c1. The number of methoxy groups -OCH3 is 1. The van der Waals surface area contributed by atoms with Crippen LogP contribution in [0.1, 0.15) is 30.5 Å². The van der Waals surface area contributed by atoms with Crippen LogP contribution in [-0.2, 0) is 4.74 Å². The zero-order valence-electron chi connectivity index (χ0n) is 9.92. The molecule has 0 aromatic heterocycles. The van der Waals surface area contributed by atoms with Crippen molar-refractivity contribution in [1.82, 2.24) is 5.32 Å². The number of hydrogen-bond acceptors (Lipinski definition) is 2. The minimum Gasteiger partial charge on any atom is -0.385 e. The van der Waals surface area contributed by atoms with E-state index in [1.54, 1.807) is 7.11 Å². The van der Waals surface area contributed by atoms with Crippen LogP contribution in [0.4, 0.5) is 0 Å². The summed E-state index contributed by atoms with van der Waals surface area (Å²) in [6.07, 6.45) is 1.06. The summed E-state index contributed by atoms with van der Waals surface area (Å²) in [7, 11) is 1.74. The van der Waals surface area contributed by atoms with E-state index in [1.807, 2.05) is 0 Å². The molecule has 1 aromatic carbocycles. The van der Waals surface area contributed by atoms with Gasteiger partial charge in [0.1, 0.15) is 0 Å². The molecule has 0 heterocycles. The Balaban J connectivity index is 2.36. The molecule has 1 N–H and O–H groups in total. The van der Waals surface area contributed by atoms with Gasteiger partial charge in [-0.25, -0.2) is 0 Å². The van der Waals surface area contributed by atoms with Gasteiger partial charge in [-0.1, -0.05) is 29.8 Å². The van der Waals surface area contributed by atoms with Gasteiger partial charge in [-0.15, -0.1) is 0 Å². The summed E-state index contributed by atoms with van der Waals surface area (Å²) in [4.78, 5) is 0. The van der Waals surface area contributed by atoms with Crippen LogP contribution in [0.2, 0.25) is 0 Å². The Morgan fingerprint density at radius 1 is 1.40 bits per heavy atom. The van der Waals surface area contributed by atoms with Gasteiger partial charge in [0.2, 0.25) is 0 Å². The van der Waals surface area contributed by atoms with Crippen molar-refractivity contribution in [2.45, 2.75) is 26.3 Å². The van der Waals surface area contributed by atoms with E-state index in [4.69, 9.17) is 4.74 Å². The maximum atomic E-state index is 5.01. The molecule has 0 aliphatic carbocycles. The second-order valence-electron chi connectivity index (χ2n) is 3.94. The highest BCUT2D eigenvalue weighted by atomic mass is 16.5. The maximum Gasteiger partial charge on any atom is 0.0474 e. The van der Waals surface area contributed by atoms with E-state index < -0.39 is 0 Å². The second-order valence-corrected chi connectivity index (χ2v) is 3.94. The number of hydrogen-bond donors (Lipinski definition) is 1. The van der Waals surface area contributed by atoms with Crippen LogP contribution in [-0.4, -0.2) is 20.3 Å². The van der Waals surface area contributed by atoms with Crippen LogP contribution < -0.4 is 5.32 Å². The standard InChI is InChI=1S/C13H21NO/c1-11-6-4-7-13(10-11)12(2)14-8-5-9-15-3/h4,6-7,10,12,14H,5,8-9H2,1-3H3/t12-/m1/s1. The first-order valence-electron chi connectivity index (χ1n) is 5.53. The average molecular weight is 207 g/mol. The Morgan fingerprint density at radius 3 is 2.87 bits per heavy atom. The molecule has 0 radical (unpaired) electrons. The lowest BCUT2D eigenvalue weighted by molar-refractivity contribution is 0.193. The predicted octanol–water partition coefficient (Wildman–Crippen LogP) is 2.68. The Bertz CT molecular complexity index is 286. The largest absolute Gasteiger partial charge is 0.385 e. The van der Waals surface area contributed by atoms with Gasteiger partial charge in [0.05, 0.1) is 0 Å². The van der Waals surface area contributed by atoms with Gasteiger partial charge in [-0.2, -0.15) is 0 Å². The van der Waals surface area contributed by atoms with Crippen molar-refractivity contribution < 1.29 is 4.74 Å². The third kappa shape index (κ3) is 4.45. The fourth-order valence-electron chi connectivity index (χ4n) is 1.59. The van der Waals surface area contributed by atoms with Gasteiger partial charge >= 0.3 is 0 Å². The molecule has 84 valence electrons. The van der Waals surface area contributed by atoms with Crippen molar-refractivity contribution in [3.8, 4) is 0 Å². The summed E-state index contributed by atoms with van der Waals surface area (Å²) in [6, 6.07) is 9.05. The van der Waals surface area contributed by atoms with E-state index in [9.17, 15) is 0 Å². The molecule has 0 aliphatic heterocycles. The summed E-state index contributed by atoms with van der Waals surface area (Å²) in [5, 5.41) is 3.48. The van der Waals surface area contributed by atoms with Crippen LogP contribution in [0.15, 0.2) is 24.3 Å². The maximum absolute atomic E-state index is 5.01. The summed E-state index contributed by atoms with van der Waals surface area (Å²) in [5.41, 5.74) is 2.67. The number of ether oxygens (including phenoxy) is 1. The first kappa shape index (κ1) is 12.2. The van der Waals surface area contributed by atoms with E-state index in [1.165, 1.54) is 11.1 Å². The van der Waals surface area contributed by atoms with Gasteiger partial charge in [0.25, 0.3) is 0 Å². The molecule has 0 bridgehead atoms. The molecule has 0 unspecified atom stereocenters. The monoisotopic (exact) mass is 207 g/mol. The zero-order valence-corrected chi connectivity index (χ0v) is 9.92. The number of benzene rings is 1. The van der Waals surface area contributed by atoms with E-state index in [-0.39, 0.29) is 0 Å². The van der Waals surface area contributed by atoms with Crippen molar-refractivity contribution in [2.75, 3.05) is 20.3 Å². The second kappa shape index (κ2) is 6.59. The Morgan fingerprint density at radius 2 is 2.20 bits per heavy atom. The molecule has 0 saturated carbocycles. The lowest BCUT2D eigenvalue weighted by atomic mass is 10.1. The normalized spacial score (nSPS) is 12.7. The molecular weight excluding hydrogens is 186 g/mol. The molecule has 2 heteroatoms. The highest BCUT2D eigenvalue weighted by Crippen LogP contribution is 2.13. The molecule has 1 atom stereocenters. The summed E-state index contributed by atoms with van der Waals surface area (Å²) in [6.45, 7) is 6.15. The fraction of sp³-hybridized carbons (Fsp3) is 0.538. The molecule has 0 spiro atoms. The molecule has 1 rings (SSSR count). The summed E-state index contributed by atoms with van der Waals surface area (Å²) in [5.74, 6) is 0. The molecule has 0 saturated heterocycles. The number of rotatable bonds is 6. The Labute approximate surface area is 92.6 Å². The van der Waals surface area contributed by atoms with Crippen LogP contribution in [0.25, 0.3) is 0 Å². The third-order valence-electron chi connectivity index (χ3n) is 2.52. The van der Waals surface area contributed by atoms with Gasteiger partial charge in [-0.3, -0.25) is 0 Å². The minimum absolute atomic E-state index is 0.418. The predicted molar refractivity (Wildman–Crippen MR) is 64.1 cm³/mol. The smallest absolute Gasteiger partial charge is 0.0474 e. The first-order valence-corrected chi connectivity index (χ1v) is 5.53. The average Bonchev–Trinajstić information content (AvgIpc) is 2.24. The minimum atomic E-state index is 0.418. The molecular formula is C13H21NO. The topological polar surface area (TPSA) is 21.3 Å². The van der Waals surface area contributed by atoms with Crippen molar-refractivity contribution in [3.63, 3.8) is 0 Å². The van der Waals surface area contributed by atoms with Crippen molar-refractivity contribution in [2.24, 2.45) is 0 Å². The first-order chi connectivity index (χ1) is 7.24. The molecule has 2 nitrogen and oxygen atoms in total. The summed E-state index contributed by atoms with van der Waals surface area (Å²) < 4.78 is 5.01. The third-order valence-corrected chi connectivity index (χ3v) is 2.52. The Hall–Kier alpha value is -0.860. The van der Waals surface area contributed by atoms with Crippen LogP contribution in [0.3, 0.4) is 0 Å². The van der Waals surface area contributed by atoms with Gasteiger partial charge in [0.15, 0.2) is 0 Å². The van der Waals surface area contributed by atoms with Crippen LogP contribution in [0, 0.1) is 6.92 Å². The van der Waals surface area contributed by atoms with E-state index in [0.717, 1.165) is 19.6 Å². The van der Waals surface area contributed by atoms with E-state index in [2.05, 4.69) is 43.4 Å². The lowest BCUT2D eigenvalue weighted by Crippen LogP contribution is -2.20. The Kier molecular flexibility index (Phi) is 5.37. The van der Waals surface area contributed by atoms with Gasteiger partial charge in [-0.05, 0) is 32.4 Å². The molecule has 1 aromatic rings. The van der Waals surface area contributed by atoms with Gasteiger partial charge < -0.3 is 10.1 Å². The molecule has 0 fully saturated rings. The quantitative estimate of drug-likeness (QED) is 0.724. The van der Waals surface area contributed by atoms with E-state index >= 15 is 0 Å². The highest BCUT2D eigenvalue weighted by molar-refractivity contribution is 5.24. The number of nitrogens with one attached hydrogen (secondary N) is 1. The fourth-order valence-corrected chi connectivity index (χ4v) is 1.59. The van der Waals surface area contributed by atoms with Gasteiger partial charge in [0, 0.05) is 19.8 Å².